The highest BCUT2D eigenvalue weighted by Crippen LogP contribution is 2.59. The van der Waals surface area contributed by atoms with Crippen LogP contribution in [0.15, 0.2) is 36.4 Å². The molecule has 0 radical (unpaired) electrons. The molecule has 0 saturated heterocycles. The molecule has 4 heteroatoms. The molecule has 2 aromatic carbocycles. The summed E-state index contributed by atoms with van der Waals surface area (Å²) in [7, 11) is 0. The van der Waals surface area contributed by atoms with Crippen molar-refractivity contribution in [3.05, 3.63) is 58.7 Å². The molecule has 2 N–H and O–H groups in total. The van der Waals surface area contributed by atoms with Gasteiger partial charge < -0.3 is 10.2 Å². The van der Waals surface area contributed by atoms with Crippen molar-refractivity contribution in [1.29, 1.82) is 0 Å². The molecule has 1 fully saturated rings. The molecule has 24 heavy (non-hydrogen) atoms. The zero-order valence-corrected chi connectivity index (χ0v) is 17.1. The van der Waals surface area contributed by atoms with Crippen molar-refractivity contribution < 1.29 is 10.2 Å². The highest BCUT2D eigenvalue weighted by molar-refractivity contribution is 9.25. The number of aromatic hydroxyl groups is 2. The van der Waals surface area contributed by atoms with Crippen LogP contribution in [-0.4, -0.2) is 13.4 Å². The fourth-order valence-corrected chi connectivity index (χ4v) is 5.73. The zero-order chi connectivity index (χ0) is 17.5. The molecule has 1 saturated carbocycles. The third-order valence-corrected chi connectivity index (χ3v) is 7.44. The van der Waals surface area contributed by atoms with Gasteiger partial charge in [-0.1, -0.05) is 69.0 Å². The SMILES string of the molecule is Cc1cc(C2(c3ccc(O)c(C)c3)CCCCC2(Br)Br)ccc1O. The number of hydrogen-bond donors (Lipinski definition) is 2. The van der Waals surface area contributed by atoms with Crippen LogP contribution in [0.4, 0.5) is 0 Å². The Morgan fingerprint density at radius 2 is 1.25 bits per heavy atom. The van der Waals surface area contributed by atoms with Gasteiger partial charge in [0.2, 0.25) is 0 Å². The summed E-state index contributed by atoms with van der Waals surface area (Å²) in [5.74, 6) is 0.641. The summed E-state index contributed by atoms with van der Waals surface area (Å²) >= 11 is 7.93. The number of hydrogen-bond acceptors (Lipinski definition) is 2. The van der Waals surface area contributed by atoms with Gasteiger partial charge in [0.25, 0.3) is 0 Å². The number of halogens is 2. The Labute approximate surface area is 160 Å². The third-order valence-electron chi connectivity index (χ3n) is 5.30. The first-order valence-corrected chi connectivity index (χ1v) is 9.84. The van der Waals surface area contributed by atoms with Gasteiger partial charge in [0.15, 0.2) is 0 Å². The minimum Gasteiger partial charge on any atom is -0.508 e. The molecule has 0 unspecified atom stereocenters. The highest BCUT2D eigenvalue weighted by Gasteiger charge is 2.52. The Balaban J connectivity index is 2.28. The van der Waals surface area contributed by atoms with Gasteiger partial charge in [0, 0.05) is 5.41 Å². The second kappa shape index (κ2) is 6.38. The second-order valence-corrected chi connectivity index (χ2v) is 10.6. The summed E-state index contributed by atoms with van der Waals surface area (Å²) < 4.78 is -0.266. The van der Waals surface area contributed by atoms with Gasteiger partial charge in [-0.2, -0.15) is 0 Å². The standard InChI is InChI=1S/C20H22Br2O2/c1-13-11-15(5-7-17(13)23)19(9-3-4-10-20(19,21)22)16-6-8-18(24)14(2)12-16/h5-8,11-12,23-24H,3-4,9-10H2,1-2H3. The summed E-state index contributed by atoms with van der Waals surface area (Å²) in [4.78, 5) is 0. The number of aryl methyl sites for hydroxylation is 2. The van der Waals surface area contributed by atoms with Crippen molar-refractivity contribution in [3.8, 4) is 11.5 Å². The molecule has 0 atom stereocenters. The van der Waals surface area contributed by atoms with Crippen molar-refractivity contribution in [1.82, 2.24) is 0 Å². The van der Waals surface area contributed by atoms with Crippen molar-refractivity contribution in [3.63, 3.8) is 0 Å². The Morgan fingerprint density at radius 1 is 0.792 bits per heavy atom. The normalized spacial score (nSPS) is 19.2. The Kier molecular flexibility index (Phi) is 4.73. The van der Waals surface area contributed by atoms with E-state index in [2.05, 4.69) is 44.0 Å². The number of alkyl halides is 2. The van der Waals surface area contributed by atoms with Gasteiger partial charge in [-0.05, 0) is 61.1 Å². The molecule has 0 aliphatic heterocycles. The van der Waals surface area contributed by atoms with Crippen LogP contribution in [0.3, 0.4) is 0 Å². The molecule has 0 heterocycles. The first kappa shape index (κ1) is 17.8. The number of benzene rings is 2. The zero-order valence-electron chi connectivity index (χ0n) is 13.9. The summed E-state index contributed by atoms with van der Waals surface area (Å²) in [6.07, 6.45) is 4.30. The molecule has 1 aliphatic rings. The largest absolute Gasteiger partial charge is 0.508 e. The Morgan fingerprint density at radius 3 is 1.67 bits per heavy atom. The molecule has 2 nitrogen and oxygen atoms in total. The van der Waals surface area contributed by atoms with E-state index in [1.54, 1.807) is 12.1 Å². The number of phenolic OH excluding ortho intramolecular Hbond substituents is 2. The van der Waals surface area contributed by atoms with Crippen LogP contribution < -0.4 is 0 Å². The van der Waals surface area contributed by atoms with E-state index in [-0.39, 0.29) is 8.65 Å². The smallest absolute Gasteiger partial charge is 0.118 e. The first-order valence-electron chi connectivity index (χ1n) is 8.26. The highest BCUT2D eigenvalue weighted by atomic mass is 79.9. The Hall–Kier alpha value is -1.00. The third kappa shape index (κ3) is 2.78. The second-order valence-electron chi connectivity index (χ2n) is 6.82. The van der Waals surface area contributed by atoms with E-state index in [4.69, 9.17) is 0 Å². The van der Waals surface area contributed by atoms with Crippen molar-refractivity contribution in [2.45, 2.75) is 48.2 Å². The van der Waals surface area contributed by atoms with Crippen LogP contribution in [0.1, 0.15) is 47.9 Å². The topological polar surface area (TPSA) is 40.5 Å². The monoisotopic (exact) mass is 452 g/mol. The fraction of sp³-hybridized carbons (Fsp3) is 0.400. The lowest BCUT2D eigenvalue weighted by Crippen LogP contribution is -2.46. The molecule has 0 amide bonds. The quantitative estimate of drug-likeness (QED) is 0.542. The van der Waals surface area contributed by atoms with Gasteiger partial charge in [-0.15, -0.1) is 0 Å². The van der Waals surface area contributed by atoms with Crippen LogP contribution in [0.25, 0.3) is 0 Å². The summed E-state index contributed by atoms with van der Waals surface area (Å²) in [6, 6.07) is 11.8. The first-order chi connectivity index (χ1) is 11.3. The Bertz CT molecular complexity index is 717. The number of phenols is 2. The average Bonchev–Trinajstić information content (AvgIpc) is 2.53. The maximum Gasteiger partial charge on any atom is 0.118 e. The predicted octanol–water partition coefficient (Wildman–Crippen LogP) is 6.06. The minimum absolute atomic E-state index is 0.262. The van der Waals surface area contributed by atoms with E-state index < -0.39 is 0 Å². The average molecular weight is 454 g/mol. The lowest BCUT2D eigenvalue weighted by atomic mass is 9.64. The summed E-state index contributed by atoms with van der Waals surface area (Å²) in [5.41, 5.74) is 3.85. The fourth-order valence-electron chi connectivity index (χ4n) is 3.85. The van der Waals surface area contributed by atoms with Crippen molar-refractivity contribution >= 4 is 31.9 Å². The molecule has 0 bridgehead atoms. The molecule has 0 aromatic heterocycles. The van der Waals surface area contributed by atoms with Gasteiger partial charge in [0.05, 0.1) is 3.23 Å². The maximum atomic E-state index is 9.95. The molecule has 128 valence electrons. The maximum absolute atomic E-state index is 9.95. The van der Waals surface area contributed by atoms with Crippen molar-refractivity contribution in [2.75, 3.05) is 0 Å². The minimum atomic E-state index is -0.266. The molecule has 3 rings (SSSR count). The molecule has 2 aromatic rings. The number of rotatable bonds is 2. The van der Waals surface area contributed by atoms with Crippen LogP contribution in [-0.2, 0) is 5.41 Å². The van der Waals surface area contributed by atoms with Crippen molar-refractivity contribution in [2.24, 2.45) is 0 Å². The van der Waals surface area contributed by atoms with E-state index >= 15 is 0 Å². The van der Waals surface area contributed by atoms with Crippen LogP contribution in [0.2, 0.25) is 0 Å². The predicted molar refractivity (Wildman–Crippen MR) is 106 cm³/mol. The molecular weight excluding hydrogens is 432 g/mol. The van der Waals surface area contributed by atoms with Gasteiger partial charge in [0.1, 0.15) is 11.5 Å². The van der Waals surface area contributed by atoms with Gasteiger partial charge in [-0.25, -0.2) is 0 Å². The van der Waals surface area contributed by atoms with Gasteiger partial charge >= 0.3 is 0 Å². The molecule has 1 aliphatic carbocycles. The molecule has 0 spiro atoms. The van der Waals surface area contributed by atoms with E-state index in [1.165, 1.54) is 11.1 Å². The lowest BCUT2D eigenvalue weighted by Gasteiger charge is -2.48. The summed E-state index contributed by atoms with van der Waals surface area (Å²) in [5, 5.41) is 19.9. The van der Waals surface area contributed by atoms with E-state index in [0.717, 1.165) is 36.8 Å². The molecular formula is C20H22Br2O2. The van der Waals surface area contributed by atoms with Crippen LogP contribution in [0, 0.1) is 13.8 Å². The van der Waals surface area contributed by atoms with E-state index in [9.17, 15) is 10.2 Å². The van der Waals surface area contributed by atoms with Gasteiger partial charge in [-0.3, -0.25) is 0 Å². The van der Waals surface area contributed by atoms with E-state index in [0.29, 0.717) is 11.5 Å². The van der Waals surface area contributed by atoms with Crippen LogP contribution >= 0.6 is 31.9 Å². The summed E-state index contributed by atoms with van der Waals surface area (Å²) in [6.45, 7) is 3.86. The lowest BCUT2D eigenvalue weighted by molar-refractivity contribution is 0.344. The van der Waals surface area contributed by atoms with Crippen LogP contribution in [0.5, 0.6) is 11.5 Å². The van der Waals surface area contributed by atoms with E-state index in [1.807, 2.05) is 26.0 Å².